The molecule has 5 heteroatoms. The number of nitrogens with zero attached hydrogens (tertiary/aromatic N) is 1. The molecular weight excluding hydrogens is 266 g/mol. The van der Waals surface area contributed by atoms with Crippen LogP contribution in [-0.4, -0.2) is 16.1 Å². The summed E-state index contributed by atoms with van der Waals surface area (Å²) in [6.07, 6.45) is 6.30. The van der Waals surface area contributed by atoms with Crippen molar-refractivity contribution in [3.8, 4) is 11.3 Å². The van der Waals surface area contributed by atoms with Crippen LogP contribution < -0.4 is 5.32 Å². The van der Waals surface area contributed by atoms with Crippen LogP contribution in [0.2, 0.25) is 0 Å². The molecule has 104 valence electrons. The molecule has 0 fully saturated rings. The number of nitrogens with one attached hydrogen (secondary N) is 2. The van der Waals surface area contributed by atoms with Gasteiger partial charge in [0.15, 0.2) is 0 Å². The normalized spacial score (nSPS) is 10.9. The summed E-state index contributed by atoms with van der Waals surface area (Å²) >= 11 is 0. The van der Waals surface area contributed by atoms with Gasteiger partial charge in [-0.2, -0.15) is 5.10 Å². The van der Waals surface area contributed by atoms with Crippen LogP contribution in [0.3, 0.4) is 0 Å². The standard InChI is InChI=1S/C16H13N3O2/c20-16(7-6-14-5-2-10-21-14)18-13-4-1-3-12(11-13)15-8-9-17-19-15/h1-11H,(H,17,19)(H,18,20). The average Bonchev–Trinajstić information content (AvgIpc) is 3.19. The third-order valence-corrected chi connectivity index (χ3v) is 2.88. The first kappa shape index (κ1) is 12.9. The minimum atomic E-state index is -0.215. The van der Waals surface area contributed by atoms with Crippen LogP contribution in [0.4, 0.5) is 5.69 Å². The van der Waals surface area contributed by atoms with Gasteiger partial charge in [-0.15, -0.1) is 0 Å². The van der Waals surface area contributed by atoms with E-state index in [9.17, 15) is 4.79 Å². The van der Waals surface area contributed by atoms with Crippen LogP contribution in [0.15, 0.2) is 65.4 Å². The zero-order chi connectivity index (χ0) is 14.5. The fraction of sp³-hybridized carbons (Fsp3) is 0. The van der Waals surface area contributed by atoms with Crippen molar-refractivity contribution in [2.75, 3.05) is 5.32 Å². The number of furan rings is 1. The van der Waals surface area contributed by atoms with Crippen molar-refractivity contribution in [2.45, 2.75) is 0 Å². The fourth-order valence-electron chi connectivity index (χ4n) is 1.91. The summed E-state index contributed by atoms with van der Waals surface area (Å²) < 4.78 is 5.12. The lowest BCUT2D eigenvalue weighted by Gasteiger charge is -2.04. The minimum Gasteiger partial charge on any atom is -0.465 e. The molecule has 0 spiro atoms. The van der Waals surface area contributed by atoms with Gasteiger partial charge in [0, 0.05) is 23.5 Å². The number of hydrogen-bond acceptors (Lipinski definition) is 3. The SMILES string of the molecule is O=C(C=Cc1ccco1)Nc1cccc(-c2ccn[nH]2)c1. The highest BCUT2D eigenvalue weighted by Gasteiger charge is 2.02. The van der Waals surface area contributed by atoms with Crippen LogP contribution in [-0.2, 0) is 4.79 Å². The highest BCUT2D eigenvalue weighted by molar-refractivity contribution is 6.02. The number of H-pyrrole nitrogens is 1. The topological polar surface area (TPSA) is 70.9 Å². The van der Waals surface area contributed by atoms with Crippen LogP contribution in [0.5, 0.6) is 0 Å². The maximum Gasteiger partial charge on any atom is 0.248 e. The Morgan fingerprint density at radius 2 is 2.19 bits per heavy atom. The van der Waals surface area contributed by atoms with E-state index in [1.165, 1.54) is 6.08 Å². The van der Waals surface area contributed by atoms with E-state index < -0.39 is 0 Å². The average molecular weight is 279 g/mol. The molecule has 5 nitrogen and oxygen atoms in total. The number of benzene rings is 1. The van der Waals surface area contributed by atoms with E-state index >= 15 is 0 Å². The first-order valence-corrected chi connectivity index (χ1v) is 6.44. The summed E-state index contributed by atoms with van der Waals surface area (Å²) in [5.74, 6) is 0.421. The molecule has 3 rings (SSSR count). The maximum atomic E-state index is 11.8. The van der Waals surface area contributed by atoms with Gasteiger partial charge in [0.05, 0.1) is 12.0 Å². The third-order valence-electron chi connectivity index (χ3n) is 2.88. The Hall–Kier alpha value is -3.08. The second-order valence-electron chi connectivity index (χ2n) is 4.39. The number of amides is 1. The van der Waals surface area contributed by atoms with Crippen molar-refractivity contribution in [3.05, 3.63) is 66.8 Å². The zero-order valence-corrected chi connectivity index (χ0v) is 11.1. The number of hydrogen-bond donors (Lipinski definition) is 2. The predicted octanol–water partition coefficient (Wildman–Crippen LogP) is 3.32. The van der Waals surface area contributed by atoms with Crippen molar-refractivity contribution >= 4 is 17.7 Å². The smallest absolute Gasteiger partial charge is 0.248 e. The van der Waals surface area contributed by atoms with Gasteiger partial charge in [-0.3, -0.25) is 9.89 Å². The largest absolute Gasteiger partial charge is 0.465 e. The molecule has 0 bridgehead atoms. The summed E-state index contributed by atoms with van der Waals surface area (Å²) in [7, 11) is 0. The second-order valence-corrected chi connectivity index (χ2v) is 4.39. The molecule has 3 aromatic rings. The Morgan fingerprint density at radius 3 is 2.95 bits per heavy atom. The minimum absolute atomic E-state index is 0.215. The molecular formula is C16H13N3O2. The maximum absolute atomic E-state index is 11.8. The van der Waals surface area contributed by atoms with Crippen LogP contribution in [0, 0.1) is 0 Å². The summed E-state index contributed by atoms with van der Waals surface area (Å²) in [5, 5.41) is 9.61. The zero-order valence-electron chi connectivity index (χ0n) is 11.1. The van der Waals surface area contributed by atoms with E-state index in [0.717, 1.165) is 16.9 Å². The van der Waals surface area contributed by atoms with Gasteiger partial charge in [-0.1, -0.05) is 12.1 Å². The Morgan fingerprint density at radius 1 is 1.24 bits per heavy atom. The Kier molecular flexibility index (Phi) is 3.64. The first-order chi connectivity index (χ1) is 10.3. The molecule has 0 aliphatic carbocycles. The van der Waals surface area contributed by atoms with E-state index in [1.807, 2.05) is 30.3 Å². The monoisotopic (exact) mass is 279 g/mol. The number of aromatic nitrogens is 2. The summed E-state index contributed by atoms with van der Waals surface area (Å²) in [6, 6.07) is 13.0. The van der Waals surface area contributed by atoms with E-state index in [0.29, 0.717) is 5.76 Å². The molecule has 21 heavy (non-hydrogen) atoms. The fourth-order valence-corrected chi connectivity index (χ4v) is 1.91. The molecule has 1 amide bonds. The highest BCUT2D eigenvalue weighted by atomic mass is 16.3. The molecule has 0 aliphatic rings. The molecule has 0 atom stereocenters. The molecule has 2 heterocycles. The van der Waals surface area contributed by atoms with Gasteiger partial charge < -0.3 is 9.73 Å². The quantitative estimate of drug-likeness (QED) is 0.720. The third kappa shape index (κ3) is 3.27. The molecule has 2 N–H and O–H groups in total. The molecule has 0 saturated carbocycles. The summed E-state index contributed by atoms with van der Waals surface area (Å²) in [5.41, 5.74) is 2.58. The number of rotatable bonds is 4. The van der Waals surface area contributed by atoms with Crippen molar-refractivity contribution in [2.24, 2.45) is 0 Å². The molecule has 0 radical (unpaired) electrons. The van der Waals surface area contributed by atoms with Gasteiger partial charge in [-0.05, 0) is 36.4 Å². The predicted molar refractivity (Wildman–Crippen MR) is 80.4 cm³/mol. The summed E-state index contributed by atoms with van der Waals surface area (Å²) in [6.45, 7) is 0. The molecule has 0 aliphatic heterocycles. The molecule has 2 aromatic heterocycles. The van der Waals surface area contributed by atoms with Crippen molar-refractivity contribution in [3.63, 3.8) is 0 Å². The van der Waals surface area contributed by atoms with E-state index in [-0.39, 0.29) is 5.91 Å². The number of anilines is 1. The van der Waals surface area contributed by atoms with E-state index in [4.69, 9.17) is 4.42 Å². The number of carbonyl (C=O) groups excluding carboxylic acids is 1. The second kappa shape index (κ2) is 5.92. The number of carbonyl (C=O) groups is 1. The molecule has 0 unspecified atom stereocenters. The first-order valence-electron chi connectivity index (χ1n) is 6.44. The Labute approximate surface area is 121 Å². The lowest BCUT2D eigenvalue weighted by Crippen LogP contribution is -2.07. The van der Waals surface area contributed by atoms with E-state index in [2.05, 4.69) is 15.5 Å². The van der Waals surface area contributed by atoms with Crippen LogP contribution in [0.1, 0.15) is 5.76 Å². The van der Waals surface area contributed by atoms with Gasteiger partial charge >= 0.3 is 0 Å². The lowest BCUT2D eigenvalue weighted by molar-refractivity contribution is -0.111. The van der Waals surface area contributed by atoms with Gasteiger partial charge in [0.1, 0.15) is 5.76 Å². The van der Waals surface area contributed by atoms with E-state index in [1.54, 1.807) is 30.7 Å². The van der Waals surface area contributed by atoms with Gasteiger partial charge in [0.25, 0.3) is 0 Å². The van der Waals surface area contributed by atoms with Crippen LogP contribution in [0.25, 0.3) is 17.3 Å². The highest BCUT2D eigenvalue weighted by Crippen LogP contribution is 2.20. The van der Waals surface area contributed by atoms with Crippen molar-refractivity contribution in [1.82, 2.24) is 10.2 Å². The van der Waals surface area contributed by atoms with Crippen molar-refractivity contribution in [1.29, 1.82) is 0 Å². The lowest BCUT2D eigenvalue weighted by atomic mass is 10.1. The Balaban J connectivity index is 1.70. The molecule has 1 aromatic carbocycles. The molecule has 0 saturated heterocycles. The van der Waals surface area contributed by atoms with Crippen molar-refractivity contribution < 1.29 is 9.21 Å². The summed E-state index contributed by atoms with van der Waals surface area (Å²) in [4.78, 5) is 11.8. The number of aromatic amines is 1. The van der Waals surface area contributed by atoms with Gasteiger partial charge in [0.2, 0.25) is 5.91 Å². The van der Waals surface area contributed by atoms with Gasteiger partial charge in [-0.25, -0.2) is 0 Å². The van der Waals surface area contributed by atoms with Crippen LogP contribution >= 0.6 is 0 Å². The Bertz CT molecular complexity index is 744.